The molecule has 1 aromatic carbocycles. The largest absolute Gasteiger partial charge is 0.497 e. The molecule has 1 N–H and O–H groups in total. The molecule has 192 valence electrons. The molecule has 1 aromatic rings. The van der Waals surface area contributed by atoms with Gasteiger partial charge in [0.1, 0.15) is 30.1 Å². The van der Waals surface area contributed by atoms with Gasteiger partial charge in [-0.2, -0.15) is 0 Å². The molecule has 4 fully saturated rings. The van der Waals surface area contributed by atoms with Crippen LogP contribution in [-0.4, -0.2) is 42.9 Å². The summed E-state index contributed by atoms with van der Waals surface area (Å²) in [5, 5.41) is 2.50. The van der Waals surface area contributed by atoms with E-state index in [9.17, 15) is 14.4 Å². The second-order valence-electron chi connectivity index (χ2n) is 11.2. The molecule has 0 aliphatic heterocycles. The van der Waals surface area contributed by atoms with Gasteiger partial charge in [-0.15, -0.1) is 0 Å². The van der Waals surface area contributed by atoms with Crippen molar-refractivity contribution < 1.29 is 33.3 Å². The molecule has 4 aliphatic carbocycles. The number of methoxy groups -OCH3 is 1. The van der Waals surface area contributed by atoms with Crippen LogP contribution in [-0.2, 0) is 30.4 Å². The highest BCUT2D eigenvalue weighted by atomic mass is 16.6. The first-order valence-electron chi connectivity index (χ1n) is 12.6. The summed E-state index contributed by atoms with van der Waals surface area (Å²) in [6.45, 7) is 5.18. The number of carbonyl (C=O) groups excluding carboxylic acids is 3. The number of hydrogen-bond acceptors (Lipinski definition) is 7. The van der Waals surface area contributed by atoms with Crippen molar-refractivity contribution in [3.63, 3.8) is 0 Å². The zero-order valence-electron chi connectivity index (χ0n) is 21.1. The number of rotatable bonds is 8. The minimum absolute atomic E-state index is 0.0000757. The Kier molecular flexibility index (Phi) is 7.57. The van der Waals surface area contributed by atoms with Gasteiger partial charge >= 0.3 is 18.0 Å². The molecule has 0 heterocycles. The highest BCUT2D eigenvalue weighted by molar-refractivity contribution is 5.86. The van der Waals surface area contributed by atoms with E-state index in [1.807, 2.05) is 0 Å². The van der Waals surface area contributed by atoms with Crippen LogP contribution in [0.1, 0.15) is 64.9 Å². The average Bonchev–Trinajstić information content (AvgIpc) is 2.78. The third-order valence-electron chi connectivity index (χ3n) is 7.29. The second-order valence-corrected chi connectivity index (χ2v) is 11.2. The molecule has 0 aromatic heterocycles. The van der Waals surface area contributed by atoms with Gasteiger partial charge in [-0.25, -0.2) is 9.59 Å². The Balaban J connectivity index is 1.37. The lowest BCUT2D eigenvalue weighted by Crippen LogP contribution is -2.51. The van der Waals surface area contributed by atoms with Crippen LogP contribution in [0.25, 0.3) is 0 Å². The summed E-state index contributed by atoms with van der Waals surface area (Å²) in [7, 11) is 1.57. The van der Waals surface area contributed by atoms with Crippen LogP contribution in [0.15, 0.2) is 24.3 Å². The molecular formula is C27H37NO7. The Bertz CT molecular complexity index is 892. The number of carbonyl (C=O) groups is 3. The van der Waals surface area contributed by atoms with E-state index in [-0.39, 0.29) is 19.1 Å². The third kappa shape index (κ3) is 6.67. The van der Waals surface area contributed by atoms with Crippen LogP contribution in [0, 0.1) is 23.7 Å². The number of alkyl carbamates (subject to hydrolysis) is 1. The summed E-state index contributed by atoms with van der Waals surface area (Å²) >= 11 is 0. The van der Waals surface area contributed by atoms with Gasteiger partial charge in [0.05, 0.1) is 13.5 Å². The van der Waals surface area contributed by atoms with Gasteiger partial charge in [-0.05, 0) is 94.2 Å². The van der Waals surface area contributed by atoms with Crippen molar-refractivity contribution in [1.82, 2.24) is 5.32 Å². The lowest BCUT2D eigenvalue weighted by atomic mass is 9.55. The summed E-state index contributed by atoms with van der Waals surface area (Å²) in [5.74, 6) is 1.84. The summed E-state index contributed by atoms with van der Waals surface area (Å²) in [6, 6.07) is 5.89. The lowest BCUT2D eigenvalue weighted by Gasteiger charge is -2.53. The summed E-state index contributed by atoms with van der Waals surface area (Å²) < 4.78 is 21.8. The predicted octanol–water partition coefficient (Wildman–Crippen LogP) is 4.39. The number of ether oxygens (including phenoxy) is 4. The number of esters is 2. The van der Waals surface area contributed by atoms with Crippen molar-refractivity contribution in [2.45, 2.75) is 83.6 Å². The molecule has 4 aliphatic rings. The Hall–Kier alpha value is -2.77. The molecular weight excluding hydrogens is 450 g/mol. The zero-order valence-corrected chi connectivity index (χ0v) is 21.1. The second kappa shape index (κ2) is 10.5. The van der Waals surface area contributed by atoms with Gasteiger partial charge in [0, 0.05) is 0 Å². The van der Waals surface area contributed by atoms with Crippen molar-refractivity contribution in [2.75, 3.05) is 7.11 Å². The van der Waals surface area contributed by atoms with Gasteiger partial charge in [0.2, 0.25) is 0 Å². The van der Waals surface area contributed by atoms with Crippen LogP contribution in [0.2, 0.25) is 0 Å². The van der Waals surface area contributed by atoms with Gasteiger partial charge in [-0.1, -0.05) is 12.1 Å². The van der Waals surface area contributed by atoms with Crippen LogP contribution in [0.5, 0.6) is 5.75 Å². The monoisotopic (exact) mass is 487 g/mol. The Morgan fingerprint density at radius 1 is 0.971 bits per heavy atom. The summed E-state index contributed by atoms with van der Waals surface area (Å²) in [4.78, 5) is 38.2. The van der Waals surface area contributed by atoms with E-state index in [2.05, 4.69) is 5.32 Å². The topological polar surface area (TPSA) is 100 Å². The number of nitrogens with one attached hydrogen (secondary N) is 1. The highest BCUT2D eigenvalue weighted by Crippen LogP contribution is 2.54. The van der Waals surface area contributed by atoms with Gasteiger partial charge in [-0.3, -0.25) is 4.79 Å². The summed E-state index contributed by atoms with van der Waals surface area (Å²) in [6.07, 6.45) is 4.62. The van der Waals surface area contributed by atoms with Crippen molar-refractivity contribution in [3.8, 4) is 5.75 Å². The fraction of sp³-hybridized carbons (Fsp3) is 0.667. The van der Waals surface area contributed by atoms with E-state index >= 15 is 0 Å². The number of amides is 1. The molecule has 5 rings (SSSR count). The summed E-state index contributed by atoms with van der Waals surface area (Å²) in [5.41, 5.74) is 0.00838. The standard InChI is InChI=1S/C27H37NO7/c1-27(2,3)35-26(31)28-22(25(30)33-15-16-5-7-21(32-4)8-6-16)14-23(29)34-24-19-10-17-9-18(12-19)13-20(24)11-17/h5-8,17-20,22,24H,9-15H2,1-4H3,(H,28,31)/t17?,18?,19?,20?,22-,24?/m0/s1. The van der Waals surface area contributed by atoms with Gasteiger partial charge in [0.25, 0.3) is 0 Å². The maximum absolute atomic E-state index is 12.9. The quantitative estimate of drug-likeness (QED) is 0.429. The molecule has 0 radical (unpaired) electrons. The van der Waals surface area contributed by atoms with Gasteiger partial charge in [0.15, 0.2) is 0 Å². The van der Waals surface area contributed by atoms with E-state index in [1.54, 1.807) is 52.1 Å². The first-order chi connectivity index (χ1) is 16.6. The predicted molar refractivity (Wildman–Crippen MR) is 127 cm³/mol. The van der Waals surface area contributed by atoms with Crippen LogP contribution in [0.4, 0.5) is 4.79 Å². The van der Waals surface area contributed by atoms with Crippen molar-refractivity contribution in [1.29, 1.82) is 0 Å². The van der Waals surface area contributed by atoms with E-state index < -0.39 is 29.7 Å². The molecule has 35 heavy (non-hydrogen) atoms. The minimum atomic E-state index is -1.20. The third-order valence-corrected chi connectivity index (χ3v) is 7.29. The highest BCUT2D eigenvalue weighted by Gasteiger charge is 2.50. The fourth-order valence-corrected chi connectivity index (χ4v) is 6.05. The van der Waals surface area contributed by atoms with E-state index in [0.717, 1.165) is 43.1 Å². The average molecular weight is 488 g/mol. The first kappa shape index (κ1) is 25.3. The number of hydrogen-bond donors (Lipinski definition) is 1. The van der Waals surface area contributed by atoms with E-state index in [1.165, 1.54) is 6.42 Å². The normalized spacial score (nSPS) is 27.6. The first-order valence-corrected chi connectivity index (χ1v) is 12.6. The molecule has 8 heteroatoms. The molecule has 1 amide bonds. The Labute approximate surface area is 207 Å². The van der Waals surface area contributed by atoms with E-state index in [4.69, 9.17) is 18.9 Å². The maximum Gasteiger partial charge on any atom is 0.408 e. The molecule has 1 atom stereocenters. The van der Waals surface area contributed by atoms with Crippen molar-refractivity contribution >= 4 is 18.0 Å². The molecule has 0 saturated heterocycles. The zero-order chi connectivity index (χ0) is 25.2. The Morgan fingerprint density at radius 3 is 2.11 bits per heavy atom. The molecule has 8 nitrogen and oxygen atoms in total. The minimum Gasteiger partial charge on any atom is -0.497 e. The van der Waals surface area contributed by atoms with Gasteiger partial charge < -0.3 is 24.3 Å². The van der Waals surface area contributed by atoms with Crippen LogP contribution < -0.4 is 10.1 Å². The maximum atomic E-state index is 12.9. The van der Waals surface area contributed by atoms with E-state index in [0.29, 0.717) is 17.6 Å². The van der Waals surface area contributed by atoms with Crippen molar-refractivity contribution in [2.24, 2.45) is 23.7 Å². The van der Waals surface area contributed by atoms with Crippen LogP contribution >= 0.6 is 0 Å². The van der Waals surface area contributed by atoms with Crippen LogP contribution in [0.3, 0.4) is 0 Å². The molecule has 4 bridgehead atoms. The fourth-order valence-electron chi connectivity index (χ4n) is 6.05. The smallest absolute Gasteiger partial charge is 0.408 e. The molecule has 0 unspecified atom stereocenters. The Morgan fingerprint density at radius 2 is 1.57 bits per heavy atom. The van der Waals surface area contributed by atoms with Crippen molar-refractivity contribution in [3.05, 3.63) is 29.8 Å². The molecule has 0 spiro atoms. The number of benzene rings is 1. The lowest BCUT2D eigenvalue weighted by molar-refractivity contribution is -0.173. The SMILES string of the molecule is COc1ccc(COC(=O)[C@H](CC(=O)OC2C3CC4CC(C3)CC2C4)NC(=O)OC(C)(C)C)cc1. The molecule has 4 saturated carbocycles.